The topological polar surface area (TPSA) is 17.8 Å². The fraction of sp³-hybridized carbons (Fsp3) is 0.400. The van der Waals surface area contributed by atoms with E-state index in [1.165, 1.54) is 4.68 Å². The lowest BCUT2D eigenvalue weighted by Crippen LogP contribution is -1.92. The summed E-state index contributed by atoms with van der Waals surface area (Å²) < 4.78 is 13.7. The lowest BCUT2D eigenvalue weighted by molar-refractivity contribution is 0.552. The van der Waals surface area contributed by atoms with Crippen molar-refractivity contribution >= 4 is 11.6 Å². The molecule has 0 bridgehead atoms. The van der Waals surface area contributed by atoms with Gasteiger partial charge in [-0.25, -0.2) is 0 Å². The molecule has 1 aromatic heterocycles. The van der Waals surface area contributed by atoms with Gasteiger partial charge >= 0.3 is 0 Å². The molecule has 0 N–H and O–H groups in total. The van der Waals surface area contributed by atoms with Gasteiger partial charge in [0.1, 0.15) is 5.02 Å². The zero-order valence-corrected chi connectivity index (χ0v) is 5.91. The van der Waals surface area contributed by atoms with Crippen molar-refractivity contribution in [3.8, 4) is 0 Å². The second kappa shape index (κ2) is 1.99. The van der Waals surface area contributed by atoms with E-state index in [0.717, 1.165) is 0 Å². The van der Waals surface area contributed by atoms with Crippen molar-refractivity contribution in [2.75, 3.05) is 0 Å². The minimum absolute atomic E-state index is 0.109. The van der Waals surface area contributed by atoms with E-state index in [2.05, 4.69) is 5.10 Å². The Kier molecular flexibility index (Phi) is 1.45. The number of hydrogen-bond acceptors (Lipinski definition) is 1. The van der Waals surface area contributed by atoms with Gasteiger partial charge in [-0.1, -0.05) is 11.6 Å². The maximum Gasteiger partial charge on any atom is 0.251 e. The van der Waals surface area contributed by atoms with E-state index in [-0.39, 0.29) is 5.02 Å². The van der Waals surface area contributed by atoms with Crippen LogP contribution in [0.25, 0.3) is 0 Å². The van der Waals surface area contributed by atoms with Crippen LogP contribution in [-0.4, -0.2) is 9.78 Å². The lowest BCUT2D eigenvalue weighted by Gasteiger charge is -1.88. The van der Waals surface area contributed by atoms with Crippen LogP contribution in [0, 0.1) is 12.9 Å². The molecular weight excluding hydrogens is 143 g/mol. The monoisotopic (exact) mass is 148 g/mol. The van der Waals surface area contributed by atoms with Crippen LogP contribution in [0.4, 0.5) is 4.39 Å². The molecule has 0 aliphatic carbocycles. The summed E-state index contributed by atoms with van der Waals surface area (Å²) in [7, 11) is 1.64. The van der Waals surface area contributed by atoms with Crippen molar-refractivity contribution < 1.29 is 4.39 Å². The van der Waals surface area contributed by atoms with E-state index >= 15 is 0 Å². The van der Waals surface area contributed by atoms with Gasteiger partial charge in [-0.15, -0.1) is 5.10 Å². The highest BCUT2D eigenvalue weighted by Crippen LogP contribution is 2.16. The van der Waals surface area contributed by atoms with Crippen LogP contribution >= 0.6 is 11.6 Å². The van der Waals surface area contributed by atoms with Crippen LogP contribution in [0.1, 0.15) is 5.69 Å². The molecule has 0 aromatic carbocycles. The molecule has 0 unspecified atom stereocenters. The fourth-order valence-electron chi connectivity index (χ4n) is 0.542. The van der Waals surface area contributed by atoms with Gasteiger partial charge < -0.3 is 0 Å². The summed E-state index contributed by atoms with van der Waals surface area (Å²) in [6.07, 6.45) is 0. The van der Waals surface area contributed by atoms with Gasteiger partial charge in [0.05, 0.1) is 5.69 Å². The van der Waals surface area contributed by atoms with E-state index in [1.54, 1.807) is 14.0 Å². The molecule has 1 rings (SSSR count). The average molecular weight is 149 g/mol. The van der Waals surface area contributed by atoms with Gasteiger partial charge in [-0.05, 0) is 6.92 Å². The van der Waals surface area contributed by atoms with Gasteiger partial charge in [0.2, 0.25) is 0 Å². The Hall–Kier alpha value is -0.570. The first-order valence-corrected chi connectivity index (χ1v) is 2.85. The molecule has 1 heterocycles. The van der Waals surface area contributed by atoms with E-state index in [9.17, 15) is 4.39 Å². The zero-order valence-electron chi connectivity index (χ0n) is 5.15. The maximum atomic E-state index is 12.3. The van der Waals surface area contributed by atoms with Crippen LogP contribution in [0.3, 0.4) is 0 Å². The Morgan fingerprint density at radius 3 is 2.33 bits per heavy atom. The molecule has 1 aromatic rings. The lowest BCUT2D eigenvalue weighted by atomic mass is 10.5. The molecule has 0 saturated carbocycles. The molecule has 2 nitrogen and oxygen atoms in total. The predicted octanol–water partition coefficient (Wildman–Crippen LogP) is 1.52. The average Bonchev–Trinajstić information content (AvgIpc) is 1.98. The highest BCUT2D eigenvalue weighted by atomic mass is 35.5. The molecule has 4 heteroatoms. The van der Waals surface area contributed by atoms with Gasteiger partial charge in [-0.2, -0.15) is 4.39 Å². The molecule has 0 saturated heterocycles. The summed E-state index contributed by atoms with van der Waals surface area (Å²) in [5.41, 5.74) is 0.647. The molecule has 0 amide bonds. The van der Waals surface area contributed by atoms with Gasteiger partial charge in [0, 0.05) is 7.05 Å². The Morgan fingerprint density at radius 1 is 1.67 bits per heavy atom. The molecular formula is C5H6ClFN2. The van der Waals surface area contributed by atoms with Crippen molar-refractivity contribution in [1.82, 2.24) is 9.78 Å². The van der Waals surface area contributed by atoms with E-state index < -0.39 is 5.95 Å². The van der Waals surface area contributed by atoms with E-state index in [4.69, 9.17) is 11.6 Å². The zero-order chi connectivity index (χ0) is 7.02. The van der Waals surface area contributed by atoms with Crippen LogP contribution in [0.2, 0.25) is 5.02 Å². The summed E-state index contributed by atoms with van der Waals surface area (Å²) in [5, 5.41) is 3.54. The predicted molar refractivity (Wildman–Crippen MR) is 32.9 cm³/mol. The second-order valence-electron chi connectivity index (χ2n) is 1.81. The van der Waals surface area contributed by atoms with E-state index in [1.807, 2.05) is 0 Å². The minimum Gasteiger partial charge on any atom is -0.268 e. The number of aryl methyl sites for hydroxylation is 1. The molecule has 0 radical (unpaired) electrons. The van der Waals surface area contributed by atoms with Gasteiger partial charge in [0.25, 0.3) is 5.95 Å². The second-order valence-corrected chi connectivity index (χ2v) is 2.19. The molecule has 0 aliphatic rings. The van der Waals surface area contributed by atoms with Gasteiger partial charge in [-0.3, -0.25) is 4.68 Å². The van der Waals surface area contributed by atoms with Crippen LogP contribution in [0.5, 0.6) is 0 Å². The molecule has 0 atom stereocenters. The quantitative estimate of drug-likeness (QED) is 0.546. The summed E-state index contributed by atoms with van der Waals surface area (Å²) in [5.74, 6) is -0.600. The highest BCUT2D eigenvalue weighted by Gasteiger charge is 2.07. The van der Waals surface area contributed by atoms with Crippen molar-refractivity contribution in [2.24, 2.45) is 7.05 Å². The standard InChI is InChI=1S/C5H6ClFN2/c1-3-4(6)5(7)8-9(3)2/h1-2H3. The number of rotatable bonds is 0. The Balaban J connectivity index is 3.29. The Labute approximate surface area is 57.2 Å². The molecule has 50 valence electrons. The van der Waals surface area contributed by atoms with Crippen molar-refractivity contribution in [1.29, 1.82) is 0 Å². The SMILES string of the molecule is Cc1c(Cl)c(F)nn1C. The van der Waals surface area contributed by atoms with Crippen LogP contribution in [-0.2, 0) is 7.05 Å². The number of hydrogen-bond donors (Lipinski definition) is 0. The van der Waals surface area contributed by atoms with Gasteiger partial charge in [0.15, 0.2) is 0 Å². The maximum absolute atomic E-state index is 12.3. The summed E-state index contributed by atoms with van der Waals surface area (Å²) >= 11 is 5.44. The van der Waals surface area contributed by atoms with E-state index in [0.29, 0.717) is 5.69 Å². The first kappa shape index (κ1) is 6.55. The number of halogens is 2. The van der Waals surface area contributed by atoms with Crippen molar-refractivity contribution in [3.05, 3.63) is 16.7 Å². The summed E-state index contributed by atoms with van der Waals surface area (Å²) in [6.45, 7) is 1.71. The first-order chi connectivity index (χ1) is 4.13. The molecule has 0 aliphatic heterocycles. The Bertz CT molecular complexity index is 209. The van der Waals surface area contributed by atoms with Crippen LogP contribution in [0.15, 0.2) is 0 Å². The normalized spacial score (nSPS) is 10.2. The number of nitrogens with zero attached hydrogens (tertiary/aromatic N) is 2. The molecule has 0 fully saturated rings. The Morgan fingerprint density at radius 2 is 2.22 bits per heavy atom. The third kappa shape index (κ3) is 0.920. The minimum atomic E-state index is -0.600. The third-order valence-corrected chi connectivity index (χ3v) is 1.65. The third-order valence-electron chi connectivity index (χ3n) is 1.22. The fourth-order valence-corrected chi connectivity index (χ4v) is 0.702. The van der Waals surface area contributed by atoms with Crippen LogP contribution < -0.4 is 0 Å². The molecule has 9 heavy (non-hydrogen) atoms. The van der Waals surface area contributed by atoms with Crippen molar-refractivity contribution in [3.63, 3.8) is 0 Å². The largest absolute Gasteiger partial charge is 0.268 e. The molecule has 0 spiro atoms. The number of aromatic nitrogens is 2. The highest BCUT2D eigenvalue weighted by molar-refractivity contribution is 6.31. The summed E-state index contributed by atoms with van der Waals surface area (Å²) in [6, 6.07) is 0. The smallest absolute Gasteiger partial charge is 0.251 e. The summed E-state index contributed by atoms with van der Waals surface area (Å²) in [4.78, 5) is 0. The first-order valence-electron chi connectivity index (χ1n) is 2.47. The van der Waals surface area contributed by atoms with Crippen molar-refractivity contribution in [2.45, 2.75) is 6.92 Å².